The Kier molecular flexibility index (Phi) is 8.67. The summed E-state index contributed by atoms with van der Waals surface area (Å²) in [5.41, 5.74) is 0. The van der Waals surface area contributed by atoms with Crippen LogP contribution in [-0.2, 0) is 18.3 Å². The molecule has 0 aliphatic heterocycles. The number of aryl methyl sites for hydroxylation is 1. The van der Waals surface area contributed by atoms with E-state index in [9.17, 15) is 4.39 Å². The van der Waals surface area contributed by atoms with Crippen LogP contribution in [0.3, 0.4) is 0 Å². The SMILES string of the molecule is COCCCNC(=NCc1nnc(C)n1C)N(C)CCOc1ccccc1F. The van der Waals surface area contributed by atoms with Crippen molar-refractivity contribution >= 4 is 5.96 Å². The standard InChI is InChI=1S/C19H29FN6O2/c1-15-23-24-18(26(15)3)14-22-19(21-10-7-12-27-4)25(2)11-13-28-17-9-6-5-8-16(17)20/h5-6,8-9H,7,10-14H2,1-4H3,(H,21,22). The van der Waals surface area contributed by atoms with Crippen molar-refractivity contribution in [3.05, 3.63) is 41.7 Å². The van der Waals surface area contributed by atoms with E-state index in [1.807, 2.05) is 30.5 Å². The Hall–Kier alpha value is -2.68. The molecule has 28 heavy (non-hydrogen) atoms. The third-order valence-electron chi connectivity index (χ3n) is 4.24. The minimum absolute atomic E-state index is 0.247. The van der Waals surface area contributed by atoms with Crippen molar-refractivity contribution in [2.45, 2.75) is 19.9 Å². The summed E-state index contributed by atoms with van der Waals surface area (Å²) < 4.78 is 26.2. The van der Waals surface area contributed by atoms with Crippen molar-refractivity contribution in [3.63, 3.8) is 0 Å². The molecule has 8 nitrogen and oxygen atoms in total. The monoisotopic (exact) mass is 392 g/mol. The number of aromatic nitrogens is 3. The number of para-hydroxylation sites is 1. The second-order valence-electron chi connectivity index (χ2n) is 6.34. The van der Waals surface area contributed by atoms with Crippen LogP contribution in [0.4, 0.5) is 4.39 Å². The maximum Gasteiger partial charge on any atom is 0.194 e. The highest BCUT2D eigenvalue weighted by atomic mass is 19.1. The van der Waals surface area contributed by atoms with Crippen LogP contribution >= 0.6 is 0 Å². The first-order valence-electron chi connectivity index (χ1n) is 9.23. The van der Waals surface area contributed by atoms with Crippen LogP contribution in [0.5, 0.6) is 5.75 Å². The van der Waals surface area contributed by atoms with E-state index < -0.39 is 0 Å². The first kappa shape index (κ1) is 21.6. The first-order chi connectivity index (χ1) is 13.5. The van der Waals surface area contributed by atoms with Gasteiger partial charge < -0.3 is 24.3 Å². The lowest BCUT2D eigenvalue weighted by atomic mass is 10.3. The molecule has 0 unspecified atom stereocenters. The number of methoxy groups -OCH3 is 1. The summed E-state index contributed by atoms with van der Waals surface area (Å²) in [5, 5.41) is 11.5. The van der Waals surface area contributed by atoms with Gasteiger partial charge in [-0.2, -0.15) is 0 Å². The Morgan fingerprint density at radius 1 is 1.29 bits per heavy atom. The minimum Gasteiger partial charge on any atom is -0.489 e. The summed E-state index contributed by atoms with van der Waals surface area (Å²) >= 11 is 0. The molecular formula is C19H29FN6O2. The highest BCUT2D eigenvalue weighted by molar-refractivity contribution is 5.79. The average Bonchev–Trinajstić information content (AvgIpc) is 3.01. The largest absolute Gasteiger partial charge is 0.489 e. The Balaban J connectivity index is 1.95. The maximum absolute atomic E-state index is 13.7. The summed E-state index contributed by atoms with van der Waals surface area (Å²) in [6.45, 7) is 4.58. The van der Waals surface area contributed by atoms with Gasteiger partial charge in [-0.25, -0.2) is 9.38 Å². The highest BCUT2D eigenvalue weighted by Crippen LogP contribution is 2.15. The van der Waals surface area contributed by atoms with Crippen LogP contribution in [0.1, 0.15) is 18.1 Å². The van der Waals surface area contributed by atoms with E-state index in [-0.39, 0.29) is 11.6 Å². The van der Waals surface area contributed by atoms with Crippen molar-refractivity contribution in [1.82, 2.24) is 25.0 Å². The van der Waals surface area contributed by atoms with Gasteiger partial charge in [0.15, 0.2) is 23.4 Å². The summed E-state index contributed by atoms with van der Waals surface area (Å²) in [6.07, 6.45) is 0.859. The van der Waals surface area contributed by atoms with E-state index in [0.717, 1.165) is 24.6 Å². The second kappa shape index (κ2) is 11.2. The number of rotatable bonds is 10. The van der Waals surface area contributed by atoms with E-state index >= 15 is 0 Å². The number of hydrogen-bond donors (Lipinski definition) is 1. The number of nitrogens with one attached hydrogen (secondary N) is 1. The number of halogens is 1. The lowest BCUT2D eigenvalue weighted by Crippen LogP contribution is -2.41. The molecule has 2 aromatic rings. The number of benzene rings is 1. The molecule has 0 atom stereocenters. The molecule has 0 bridgehead atoms. The average molecular weight is 392 g/mol. The van der Waals surface area contributed by atoms with Gasteiger partial charge in [0, 0.05) is 34.4 Å². The lowest BCUT2D eigenvalue weighted by Gasteiger charge is -2.22. The van der Waals surface area contributed by atoms with Gasteiger partial charge in [0.1, 0.15) is 19.0 Å². The zero-order chi connectivity index (χ0) is 20.4. The summed E-state index contributed by atoms with van der Waals surface area (Å²) in [7, 11) is 5.50. The van der Waals surface area contributed by atoms with Gasteiger partial charge in [0.25, 0.3) is 0 Å². The molecule has 0 saturated carbocycles. The van der Waals surface area contributed by atoms with Crippen LogP contribution in [0.25, 0.3) is 0 Å². The molecule has 1 N–H and O–H groups in total. The molecule has 0 amide bonds. The van der Waals surface area contributed by atoms with Crippen molar-refractivity contribution in [3.8, 4) is 5.75 Å². The Labute approximate surface area is 165 Å². The summed E-state index contributed by atoms with van der Waals surface area (Å²) in [6, 6.07) is 6.38. The molecular weight excluding hydrogens is 363 g/mol. The molecule has 1 heterocycles. The molecule has 0 radical (unpaired) electrons. The zero-order valence-electron chi connectivity index (χ0n) is 17.0. The Bertz CT molecular complexity index is 765. The molecule has 0 fully saturated rings. The van der Waals surface area contributed by atoms with E-state index in [4.69, 9.17) is 9.47 Å². The van der Waals surface area contributed by atoms with Crippen LogP contribution in [0.15, 0.2) is 29.3 Å². The molecule has 0 aliphatic carbocycles. The van der Waals surface area contributed by atoms with Crippen LogP contribution < -0.4 is 10.1 Å². The third kappa shape index (κ3) is 6.49. The predicted octanol–water partition coefficient (Wildman–Crippen LogP) is 1.76. The number of guanidine groups is 1. The quantitative estimate of drug-likeness (QED) is 0.377. The number of aliphatic imine (C=N–C) groups is 1. The van der Waals surface area contributed by atoms with Crippen molar-refractivity contribution in [1.29, 1.82) is 0 Å². The van der Waals surface area contributed by atoms with Gasteiger partial charge >= 0.3 is 0 Å². The van der Waals surface area contributed by atoms with E-state index in [0.29, 0.717) is 32.3 Å². The summed E-state index contributed by atoms with van der Waals surface area (Å²) in [4.78, 5) is 6.59. The molecule has 0 spiro atoms. The van der Waals surface area contributed by atoms with Crippen molar-refractivity contribution in [2.75, 3.05) is 40.5 Å². The van der Waals surface area contributed by atoms with Gasteiger partial charge in [-0.3, -0.25) is 0 Å². The van der Waals surface area contributed by atoms with Gasteiger partial charge in [-0.05, 0) is 25.5 Å². The fraction of sp³-hybridized carbons (Fsp3) is 0.526. The topological polar surface area (TPSA) is 76.8 Å². The molecule has 1 aromatic carbocycles. The van der Waals surface area contributed by atoms with Gasteiger partial charge in [0.05, 0.1) is 6.54 Å². The molecule has 2 rings (SSSR count). The van der Waals surface area contributed by atoms with Crippen LogP contribution in [0, 0.1) is 12.7 Å². The predicted molar refractivity (Wildman–Crippen MR) is 106 cm³/mol. The van der Waals surface area contributed by atoms with Gasteiger partial charge in [-0.1, -0.05) is 12.1 Å². The molecule has 1 aromatic heterocycles. The van der Waals surface area contributed by atoms with Crippen LogP contribution in [-0.4, -0.2) is 66.1 Å². The zero-order valence-corrected chi connectivity index (χ0v) is 17.0. The molecule has 0 aliphatic rings. The Morgan fingerprint density at radius 3 is 2.75 bits per heavy atom. The fourth-order valence-electron chi connectivity index (χ4n) is 2.42. The minimum atomic E-state index is -0.366. The van der Waals surface area contributed by atoms with E-state index in [1.165, 1.54) is 6.07 Å². The number of likely N-dealkylation sites (N-methyl/N-ethyl adjacent to an activating group) is 1. The lowest BCUT2D eigenvalue weighted by molar-refractivity contribution is 0.195. The van der Waals surface area contributed by atoms with Crippen molar-refractivity contribution in [2.24, 2.45) is 12.0 Å². The number of nitrogens with zero attached hydrogens (tertiary/aromatic N) is 5. The van der Waals surface area contributed by atoms with E-state index in [2.05, 4.69) is 20.5 Å². The Morgan fingerprint density at radius 2 is 2.07 bits per heavy atom. The normalized spacial score (nSPS) is 11.5. The van der Waals surface area contributed by atoms with Crippen molar-refractivity contribution < 1.29 is 13.9 Å². The second-order valence-corrected chi connectivity index (χ2v) is 6.34. The number of hydrogen-bond acceptors (Lipinski definition) is 5. The first-order valence-corrected chi connectivity index (χ1v) is 9.23. The smallest absolute Gasteiger partial charge is 0.194 e. The highest BCUT2D eigenvalue weighted by Gasteiger charge is 2.10. The van der Waals surface area contributed by atoms with Crippen LogP contribution in [0.2, 0.25) is 0 Å². The van der Waals surface area contributed by atoms with Gasteiger partial charge in [-0.15, -0.1) is 10.2 Å². The molecule has 9 heteroatoms. The third-order valence-corrected chi connectivity index (χ3v) is 4.24. The summed E-state index contributed by atoms with van der Waals surface area (Å²) in [5.74, 6) is 2.22. The fourth-order valence-corrected chi connectivity index (χ4v) is 2.42. The number of ether oxygens (including phenoxy) is 2. The van der Waals surface area contributed by atoms with E-state index in [1.54, 1.807) is 25.3 Å². The maximum atomic E-state index is 13.7. The molecule has 154 valence electrons. The molecule has 0 saturated heterocycles. The van der Waals surface area contributed by atoms with Gasteiger partial charge in [0.2, 0.25) is 0 Å².